The van der Waals surface area contributed by atoms with Crippen LogP contribution >= 0.6 is 0 Å². The molecule has 0 bridgehead atoms. The summed E-state index contributed by atoms with van der Waals surface area (Å²) in [6.07, 6.45) is 3.89. The molecule has 1 fully saturated rings. The highest BCUT2D eigenvalue weighted by Gasteiger charge is 2.36. The van der Waals surface area contributed by atoms with Crippen molar-refractivity contribution in [2.45, 2.75) is 37.9 Å². The van der Waals surface area contributed by atoms with Crippen LogP contribution in [0, 0.1) is 4.91 Å². The van der Waals surface area contributed by atoms with Crippen molar-refractivity contribution in [3.8, 4) is 0 Å². The van der Waals surface area contributed by atoms with Crippen LogP contribution in [-0.2, 0) is 9.73 Å². The quantitative estimate of drug-likeness (QED) is 0.297. The molecule has 0 aromatic heterocycles. The van der Waals surface area contributed by atoms with E-state index >= 15 is 0 Å². The molecule has 0 aromatic rings. The lowest BCUT2D eigenvalue weighted by Crippen LogP contribution is -2.35. The van der Waals surface area contributed by atoms with E-state index in [9.17, 15) is 4.91 Å². The van der Waals surface area contributed by atoms with Gasteiger partial charge in [-0.1, -0.05) is 6.42 Å². The van der Waals surface area contributed by atoms with Crippen LogP contribution in [0.1, 0.15) is 32.1 Å². The third-order valence-electron chi connectivity index (χ3n) is 1.99. The van der Waals surface area contributed by atoms with Gasteiger partial charge in [0.1, 0.15) is 0 Å². The molecule has 0 amide bonds. The summed E-state index contributed by atoms with van der Waals surface area (Å²) in [5.74, 6) is -1.15. The minimum atomic E-state index is -1.15. The number of nitrogens with zero attached hydrogens (tertiary/aromatic N) is 1. The highest BCUT2D eigenvalue weighted by Crippen LogP contribution is 2.31. The third kappa shape index (κ3) is 1.87. The Balaban J connectivity index is 2.49. The zero-order chi connectivity index (χ0) is 8.16. The normalized spacial score (nSPS) is 22.6. The van der Waals surface area contributed by atoms with Crippen LogP contribution in [0.2, 0.25) is 0 Å². The minimum Gasteiger partial charge on any atom is -0.325 e. The lowest BCUT2D eigenvalue weighted by molar-refractivity contribution is -0.413. The van der Waals surface area contributed by atoms with Gasteiger partial charge in [0.15, 0.2) is 5.34 Å². The van der Waals surface area contributed by atoms with Crippen molar-refractivity contribution in [1.82, 2.24) is 0 Å². The van der Waals surface area contributed by atoms with Gasteiger partial charge in [-0.15, -0.1) is 4.91 Å². The van der Waals surface area contributed by atoms with Gasteiger partial charge in [-0.05, 0) is 12.8 Å². The fourth-order valence-corrected chi connectivity index (χ4v) is 1.36. The fourth-order valence-electron chi connectivity index (χ4n) is 1.36. The Kier molecular flexibility index (Phi) is 2.78. The largest absolute Gasteiger partial charge is 0.325 e. The second-order valence-corrected chi connectivity index (χ2v) is 2.73. The predicted octanol–water partition coefficient (Wildman–Crippen LogP) is 1.83. The molecule has 1 saturated carbocycles. The molecule has 0 unspecified atom stereocenters. The number of hydrogen-bond acceptors (Lipinski definition) is 5. The van der Waals surface area contributed by atoms with E-state index in [2.05, 4.69) is 15.1 Å². The van der Waals surface area contributed by atoms with Gasteiger partial charge in [0.05, 0.1) is 0 Å². The zero-order valence-electron chi connectivity index (χ0n) is 6.15. The summed E-state index contributed by atoms with van der Waals surface area (Å²) in [4.78, 5) is 18.3. The van der Waals surface area contributed by atoms with E-state index in [-0.39, 0.29) is 0 Å². The second-order valence-electron chi connectivity index (χ2n) is 2.73. The first-order chi connectivity index (χ1) is 5.33. The SMILES string of the molecule is O=NOC1(OO)CCCCC1. The highest BCUT2D eigenvalue weighted by atomic mass is 17.2. The van der Waals surface area contributed by atoms with Crippen molar-refractivity contribution in [1.29, 1.82) is 0 Å². The van der Waals surface area contributed by atoms with Gasteiger partial charge >= 0.3 is 0 Å². The van der Waals surface area contributed by atoms with Crippen LogP contribution in [-0.4, -0.2) is 11.0 Å². The van der Waals surface area contributed by atoms with E-state index in [1.165, 1.54) is 0 Å². The van der Waals surface area contributed by atoms with Crippen LogP contribution < -0.4 is 0 Å². The summed E-state index contributed by atoms with van der Waals surface area (Å²) in [5.41, 5.74) is 0. The molecule has 0 aliphatic heterocycles. The molecule has 64 valence electrons. The van der Waals surface area contributed by atoms with Crippen molar-refractivity contribution in [3.63, 3.8) is 0 Å². The van der Waals surface area contributed by atoms with Crippen molar-refractivity contribution < 1.29 is 15.0 Å². The molecular formula is C6H11NO4. The van der Waals surface area contributed by atoms with Crippen molar-refractivity contribution in [3.05, 3.63) is 4.91 Å². The Morgan fingerprint density at radius 1 is 1.27 bits per heavy atom. The lowest BCUT2D eigenvalue weighted by Gasteiger charge is -2.29. The molecule has 5 nitrogen and oxygen atoms in total. The Morgan fingerprint density at radius 2 is 1.91 bits per heavy atom. The average Bonchev–Trinajstić information content (AvgIpc) is 2.07. The fraction of sp³-hybridized carbons (Fsp3) is 1.00. The molecule has 1 N–H and O–H groups in total. The first kappa shape index (κ1) is 8.42. The van der Waals surface area contributed by atoms with Gasteiger partial charge in [0, 0.05) is 12.8 Å². The third-order valence-corrected chi connectivity index (χ3v) is 1.99. The molecule has 1 aliphatic rings. The topological polar surface area (TPSA) is 68.1 Å². The summed E-state index contributed by atoms with van der Waals surface area (Å²) >= 11 is 0. The summed E-state index contributed by atoms with van der Waals surface area (Å²) in [7, 11) is 0. The van der Waals surface area contributed by atoms with E-state index < -0.39 is 5.79 Å². The molecule has 0 radical (unpaired) electrons. The lowest BCUT2D eigenvalue weighted by atomic mass is 9.94. The summed E-state index contributed by atoms with van der Waals surface area (Å²) in [6, 6.07) is 0. The minimum absolute atomic E-state index is 0.523. The van der Waals surface area contributed by atoms with Crippen LogP contribution in [0.25, 0.3) is 0 Å². The molecule has 0 heterocycles. The van der Waals surface area contributed by atoms with Crippen LogP contribution in [0.3, 0.4) is 0 Å². The van der Waals surface area contributed by atoms with Gasteiger partial charge < -0.3 is 4.84 Å². The smallest absolute Gasteiger partial charge is 0.269 e. The maximum absolute atomic E-state index is 9.77. The maximum Gasteiger partial charge on any atom is 0.269 e. The first-order valence-electron chi connectivity index (χ1n) is 3.66. The summed E-state index contributed by atoms with van der Waals surface area (Å²) < 4.78 is 0. The van der Waals surface area contributed by atoms with Crippen molar-refractivity contribution in [2.24, 2.45) is 5.34 Å². The van der Waals surface area contributed by atoms with Crippen molar-refractivity contribution >= 4 is 0 Å². The van der Waals surface area contributed by atoms with E-state index in [4.69, 9.17) is 5.26 Å². The molecule has 0 atom stereocenters. The van der Waals surface area contributed by atoms with Crippen LogP contribution in [0.15, 0.2) is 5.34 Å². The highest BCUT2D eigenvalue weighted by molar-refractivity contribution is 4.73. The zero-order valence-corrected chi connectivity index (χ0v) is 6.15. The van der Waals surface area contributed by atoms with Gasteiger partial charge in [0.2, 0.25) is 0 Å². The molecule has 0 saturated heterocycles. The number of hydrogen-bond donors (Lipinski definition) is 1. The molecule has 0 aromatic carbocycles. The van der Waals surface area contributed by atoms with Gasteiger partial charge in [-0.25, -0.2) is 5.26 Å². The van der Waals surface area contributed by atoms with E-state index in [1.807, 2.05) is 0 Å². The average molecular weight is 161 g/mol. The van der Waals surface area contributed by atoms with Gasteiger partial charge in [-0.2, -0.15) is 4.89 Å². The van der Waals surface area contributed by atoms with Crippen LogP contribution in [0.5, 0.6) is 0 Å². The molecule has 11 heavy (non-hydrogen) atoms. The number of rotatable bonds is 3. The van der Waals surface area contributed by atoms with Gasteiger partial charge in [0.25, 0.3) is 5.79 Å². The predicted molar refractivity (Wildman–Crippen MR) is 36.4 cm³/mol. The standard InChI is InChI=1S/C6H11NO4/c8-7-10-6(11-9)4-2-1-3-5-6/h9H,1-5H2. The Hall–Kier alpha value is -0.680. The Labute approximate surface area is 64.2 Å². The van der Waals surface area contributed by atoms with E-state index in [0.29, 0.717) is 12.8 Å². The molecule has 1 rings (SSSR count). The summed E-state index contributed by atoms with van der Waals surface area (Å²) in [6.45, 7) is 0. The van der Waals surface area contributed by atoms with E-state index in [1.54, 1.807) is 0 Å². The Morgan fingerprint density at radius 3 is 2.36 bits per heavy atom. The monoisotopic (exact) mass is 161 g/mol. The maximum atomic E-state index is 9.77. The Bertz CT molecular complexity index is 133. The summed E-state index contributed by atoms with van der Waals surface area (Å²) in [5, 5.41) is 10.7. The molecule has 0 spiro atoms. The molecule has 5 heteroatoms. The van der Waals surface area contributed by atoms with Gasteiger partial charge in [-0.3, -0.25) is 0 Å². The van der Waals surface area contributed by atoms with Crippen LogP contribution in [0.4, 0.5) is 0 Å². The molecular weight excluding hydrogens is 150 g/mol. The van der Waals surface area contributed by atoms with E-state index in [0.717, 1.165) is 19.3 Å². The second kappa shape index (κ2) is 3.64. The molecule has 1 aliphatic carbocycles. The first-order valence-corrected chi connectivity index (χ1v) is 3.66. The van der Waals surface area contributed by atoms with Crippen molar-refractivity contribution in [2.75, 3.05) is 0 Å².